The van der Waals surface area contributed by atoms with E-state index in [1.807, 2.05) is 0 Å². The van der Waals surface area contributed by atoms with E-state index >= 15 is 0 Å². The number of carboxylic acid groups (broad SMARTS) is 1. The molecular weight excluding hydrogens is 430 g/mol. The standard InChI is InChI=1S/C20H14ClN3O7/c21-14-4-6-18(16(9-14)24(28)29)30-11-19(25)23-22-10-15-5-7-17(31-15)12-2-1-3-13(8-12)20(26)27/h1-10H,11H2,(H,23,25)(H,26,27)/b22-10+. The maximum absolute atomic E-state index is 11.9. The number of amides is 1. The number of rotatable bonds is 8. The molecule has 0 radical (unpaired) electrons. The Labute approximate surface area is 179 Å². The second kappa shape index (κ2) is 9.55. The van der Waals surface area contributed by atoms with Gasteiger partial charge < -0.3 is 14.3 Å². The maximum atomic E-state index is 11.9. The zero-order chi connectivity index (χ0) is 22.4. The fraction of sp³-hybridized carbons (Fsp3) is 0.0500. The van der Waals surface area contributed by atoms with Gasteiger partial charge in [-0.2, -0.15) is 5.10 Å². The van der Waals surface area contributed by atoms with E-state index < -0.39 is 23.4 Å². The van der Waals surface area contributed by atoms with E-state index in [-0.39, 0.29) is 22.0 Å². The summed E-state index contributed by atoms with van der Waals surface area (Å²) in [6, 6.07) is 13.3. The molecule has 0 aliphatic carbocycles. The lowest BCUT2D eigenvalue weighted by Gasteiger charge is -2.05. The first-order valence-corrected chi connectivity index (χ1v) is 9.03. The molecule has 0 atom stereocenters. The van der Waals surface area contributed by atoms with Crippen molar-refractivity contribution in [3.05, 3.63) is 81.1 Å². The normalized spacial score (nSPS) is 10.7. The van der Waals surface area contributed by atoms with Crippen molar-refractivity contribution < 1.29 is 28.8 Å². The zero-order valence-electron chi connectivity index (χ0n) is 15.6. The number of nitrogens with zero attached hydrogens (tertiary/aromatic N) is 2. The number of hydrogen-bond donors (Lipinski definition) is 2. The molecule has 0 saturated carbocycles. The number of nitrogens with one attached hydrogen (secondary N) is 1. The zero-order valence-corrected chi connectivity index (χ0v) is 16.4. The van der Waals surface area contributed by atoms with Crippen molar-refractivity contribution in [2.24, 2.45) is 5.10 Å². The van der Waals surface area contributed by atoms with Crippen LogP contribution < -0.4 is 10.2 Å². The van der Waals surface area contributed by atoms with Crippen LogP contribution in [0.15, 0.2) is 64.1 Å². The van der Waals surface area contributed by atoms with E-state index in [1.54, 1.807) is 24.3 Å². The van der Waals surface area contributed by atoms with Crippen molar-refractivity contribution in [2.45, 2.75) is 0 Å². The highest BCUT2D eigenvalue weighted by Gasteiger charge is 2.16. The number of halogens is 1. The Hall–Kier alpha value is -4.18. The van der Waals surface area contributed by atoms with Gasteiger partial charge in [-0.3, -0.25) is 14.9 Å². The van der Waals surface area contributed by atoms with Crippen molar-refractivity contribution in [1.82, 2.24) is 5.43 Å². The molecule has 0 aliphatic heterocycles. The summed E-state index contributed by atoms with van der Waals surface area (Å²) in [5, 5.41) is 24.0. The minimum atomic E-state index is -1.05. The number of carboxylic acids is 1. The quantitative estimate of drug-likeness (QED) is 0.306. The number of carbonyl (C=O) groups is 2. The van der Waals surface area contributed by atoms with Crippen LogP contribution in [-0.2, 0) is 4.79 Å². The van der Waals surface area contributed by atoms with Gasteiger partial charge in [0, 0.05) is 16.7 Å². The Morgan fingerprint density at radius 1 is 1.23 bits per heavy atom. The molecule has 0 spiro atoms. The van der Waals surface area contributed by atoms with Crippen LogP contribution in [0.4, 0.5) is 5.69 Å². The fourth-order valence-electron chi connectivity index (χ4n) is 2.48. The number of carbonyl (C=O) groups excluding carboxylic acids is 1. The van der Waals surface area contributed by atoms with Crippen LogP contribution in [0.3, 0.4) is 0 Å². The summed E-state index contributed by atoms with van der Waals surface area (Å²) in [6.07, 6.45) is 1.24. The third-order valence-corrected chi connectivity index (χ3v) is 4.11. The van der Waals surface area contributed by atoms with Gasteiger partial charge in [-0.25, -0.2) is 10.2 Å². The number of aromatic carboxylic acids is 1. The van der Waals surface area contributed by atoms with E-state index in [0.29, 0.717) is 17.1 Å². The van der Waals surface area contributed by atoms with Crippen LogP contribution in [0.2, 0.25) is 5.02 Å². The highest BCUT2D eigenvalue weighted by Crippen LogP contribution is 2.29. The average Bonchev–Trinajstić information content (AvgIpc) is 3.21. The molecule has 3 rings (SSSR count). The molecule has 0 unspecified atom stereocenters. The molecule has 158 valence electrons. The van der Waals surface area contributed by atoms with Crippen molar-refractivity contribution in [3.63, 3.8) is 0 Å². The molecule has 0 bridgehead atoms. The Bertz CT molecular complexity index is 1170. The number of furan rings is 1. The fourth-order valence-corrected chi connectivity index (χ4v) is 2.65. The first-order valence-electron chi connectivity index (χ1n) is 8.65. The van der Waals surface area contributed by atoms with E-state index in [9.17, 15) is 19.7 Å². The highest BCUT2D eigenvalue weighted by atomic mass is 35.5. The summed E-state index contributed by atoms with van der Waals surface area (Å²) >= 11 is 5.72. The van der Waals surface area contributed by atoms with Gasteiger partial charge >= 0.3 is 11.7 Å². The largest absolute Gasteiger partial charge is 0.478 e. The predicted molar refractivity (Wildman–Crippen MR) is 110 cm³/mol. The van der Waals surface area contributed by atoms with E-state index in [2.05, 4.69) is 10.5 Å². The Kier molecular flexibility index (Phi) is 6.63. The van der Waals surface area contributed by atoms with Gasteiger partial charge in [-0.15, -0.1) is 0 Å². The molecule has 11 heteroatoms. The summed E-state index contributed by atoms with van der Waals surface area (Å²) in [7, 11) is 0. The van der Waals surface area contributed by atoms with Crippen molar-refractivity contribution in [1.29, 1.82) is 0 Å². The SMILES string of the molecule is O=C(COc1ccc(Cl)cc1[N+](=O)[O-])N/N=C/c1ccc(-c2cccc(C(=O)O)c2)o1. The second-order valence-corrected chi connectivity index (χ2v) is 6.48. The maximum Gasteiger partial charge on any atom is 0.335 e. The van der Waals surface area contributed by atoms with E-state index in [0.717, 1.165) is 6.07 Å². The number of hydrazone groups is 1. The average molecular weight is 444 g/mol. The third kappa shape index (κ3) is 5.67. The summed E-state index contributed by atoms with van der Waals surface area (Å²) in [4.78, 5) is 33.3. The van der Waals surface area contributed by atoms with Crippen molar-refractivity contribution >= 4 is 35.4 Å². The number of benzene rings is 2. The molecule has 2 aromatic carbocycles. The molecule has 2 N–H and O–H groups in total. The minimum Gasteiger partial charge on any atom is -0.478 e. The van der Waals surface area contributed by atoms with Crippen LogP contribution >= 0.6 is 11.6 Å². The van der Waals surface area contributed by atoms with Gasteiger partial charge in [0.2, 0.25) is 0 Å². The number of nitro benzene ring substituents is 1. The van der Waals surface area contributed by atoms with Gasteiger partial charge in [0.1, 0.15) is 11.5 Å². The first-order chi connectivity index (χ1) is 14.8. The summed E-state index contributed by atoms with van der Waals surface area (Å²) in [5.74, 6) is -1.07. The van der Waals surface area contributed by atoms with Crippen LogP contribution in [0, 0.1) is 10.1 Å². The van der Waals surface area contributed by atoms with Gasteiger partial charge in [0.15, 0.2) is 12.4 Å². The number of hydrogen-bond acceptors (Lipinski definition) is 7. The van der Waals surface area contributed by atoms with Crippen LogP contribution in [0.25, 0.3) is 11.3 Å². The Morgan fingerprint density at radius 3 is 2.77 bits per heavy atom. The number of ether oxygens (including phenoxy) is 1. The molecule has 31 heavy (non-hydrogen) atoms. The molecule has 1 aromatic heterocycles. The summed E-state index contributed by atoms with van der Waals surface area (Å²) < 4.78 is 10.7. The molecular formula is C20H14ClN3O7. The highest BCUT2D eigenvalue weighted by molar-refractivity contribution is 6.30. The van der Waals surface area contributed by atoms with Crippen LogP contribution in [-0.4, -0.2) is 34.7 Å². The van der Waals surface area contributed by atoms with Gasteiger partial charge in [-0.1, -0.05) is 23.7 Å². The number of nitro groups is 1. The molecule has 0 fully saturated rings. The van der Waals surface area contributed by atoms with Gasteiger partial charge in [0.05, 0.1) is 16.7 Å². The first kappa shape index (κ1) is 21.5. The van der Waals surface area contributed by atoms with E-state index in [1.165, 1.54) is 30.5 Å². The van der Waals surface area contributed by atoms with Crippen molar-refractivity contribution in [3.8, 4) is 17.1 Å². The Morgan fingerprint density at radius 2 is 2.03 bits per heavy atom. The lowest BCUT2D eigenvalue weighted by molar-refractivity contribution is -0.385. The monoisotopic (exact) mass is 443 g/mol. The van der Waals surface area contributed by atoms with Crippen molar-refractivity contribution in [2.75, 3.05) is 6.61 Å². The predicted octanol–water partition coefficient (Wildman–Crippen LogP) is 3.74. The molecule has 0 aliphatic rings. The van der Waals surface area contributed by atoms with Gasteiger partial charge in [0.25, 0.3) is 5.91 Å². The molecule has 1 amide bonds. The summed E-state index contributed by atoms with van der Waals surface area (Å²) in [6.45, 7) is -0.509. The smallest absolute Gasteiger partial charge is 0.335 e. The van der Waals surface area contributed by atoms with Crippen LogP contribution in [0.5, 0.6) is 5.75 Å². The second-order valence-electron chi connectivity index (χ2n) is 6.04. The molecule has 3 aromatic rings. The van der Waals surface area contributed by atoms with Gasteiger partial charge in [-0.05, 0) is 36.4 Å². The molecule has 10 nitrogen and oxygen atoms in total. The topological polar surface area (TPSA) is 144 Å². The van der Waals surface area contributed by atoms with Crippen LogP contribution in [0.1, 0.15) is 16.1 Å². The minimum absolute atomic E-state index is 0.104. The lowest BCUT2D eigenvalue weighted by atomic mass is 10.1. The molecule has 0 saturated heterocycles. The third-order valence-electron chi connectivity index (χ3n) is 3.88. The molecule has 1 heterocycles. The lowest BCUT2D eigenvalue weighted by Crippen LogP contribution is -2.24. The summed E-state index contributed by atoms with van der Waals surface area (Å²) in [5.41, 5.74) is 2.54. The van der Waals surface area contributed by atoms with E-state index in [4.69, 9.17) is 25.9 Å². The Balaban J connectivity index is 1.57.